The van der Waals surface area contributed by atoms with Crippen molar-refractivity contribution >= 4 is 16.8 Å². The standard InChI is InChI=1S/C7H7N3O/c1-8-7-6-5(2-3-11-6)4-9-10-7/h2-4H,1H3,(H,8,10). The minimum Gasteiger partial charge on any atom is -0.460 e. The van der Waals surface area contributed by atoms with Crippen LogP contribution in [-0.4, -0.2) is 17.2 Å². The van der Waals surface area contributed by atoms with Gasteiger partial charge in [-0.05, 0) is 6.07 Å². The number of hydrogen-bond acceptors (Lipinski definition) is 4. The molecule has 0 spiro atoms. The molecule has 0 saturated carbocycles. The van der Waals surface area contributed by atoms with E-state index in [1.165, 1.54) is 0 Å². The zero-order valence-electron chi connectivity index (χ0n) is 6.03. The number of fused-ring (bicyclic) bond motifs is 1. The molecule has 4 heteroatoms. The fourth-order valence-corrected chi connectivity index (χ4v) is 0.971. The maximum Gasteiger partial charge on any atom is 0.192 e. The van der Waals surface area contributed by atoms with E-state index in [1.807, 2.05) is 6.07 Å². The number of nitrogens with one attached hydrogen (secondary N) is 1. The Morgan fingerprint density at radius 1 is 1.55 bits per heavy atom. The van der Waals surface area contributed by atoms with E-state index in [1.54, 1.807) is 19.5 Å². The van der Waals surface area contributed by atoms with Crippen LogP contribution in [0.2, 0.25) is 0 Å². The quantitative estimate of drug-likeness (QED) is 0.663. The first-order valence-electron chi connectivity index (χ1n) is 3.28. The normalized spacial score (nSPS) is 10.3. The van der Waals surface area contributed by atoms with Crippen LogP contribution in [0, 0.1) is 0 Å². The van der Waals surface area contributed by atoms with Crippen LogP contribution in [0.3, 0.4) is 0 Å². The topological polar surface area (TPSA) is 51.0 Å². The Hall–Kier alpha value is -1.58. The highest BCUT2D eigenvalue weighted by molar-refractivity contribution is 5.85. The molecular formula is C7H7N3O. The van der Waals surface area contributed by atoms with Gasteiger partial charge in [-0.1, -0.05) is 0 Å². The zero-order valence-corrected chi connectivity index (χ0v) is 6.03. The average molecular weight is 149 g/mol. The van der Waals surface area contributed by atoms with Gasteiger partial charge in [0.15, 0.2) is 11.4 Å². The lowest BCUT2D eigenvalue weighted by Crippen LogP contribution is -1.93. The summed E-state index contributed by atoms with van der Waals surface area (Å²) < 4.78 is 5.17. The second-order valence-electron chi connectivity index (χ2n) is 2.15. The molecular weight excluding hydrogens is 142 g/mol. The van der Waals surface area contributed by atoms with Gasteiger partial charge in [0.05, 0.1) is 12.5 Å². The van der Waals surface area contributed by atoms with Gasteiger partial charge in [0.2, 0.25) is 0 Å². The Kier molecular flexibility index (Phi) is 1.25. The molecule has 0 aliphatic carbocycles. The summed E-state index contributed by atoms with van der Waals surface area (Å²) in [6.45, 7) is 0. The number of hydrogen-bond donors (Lipinski definition) is 1. The summed E-state index contributed by atoms with van der Waals surface area (Å²) in [5.41, 5.74) is 0.752. The molecule has 0 saturated heterocycles. The largest absolute Gasteiger partial charge is 0.460 e. The van der Waals surface area contributed by atoms with Crippen molar-refractivity contribution in [2.45, 2.75) is 0 Å². The van der Waals surface area contributed by atoms with Crippen molar-refractivity contribution < 1.29 is 4.42 Å². The zero-order chi connectivity index (χ0) is 7.68. The number of rotatable bonds is 1. The highest BCUT2D eigenvalue weighted by Crippen LogP contribution is 2.19. The summed E-state index contributed by atoms with van der Waals surface area (Å²) in [5, 5.41) is 11.5. The van der Waals surface area contributed by atoms with E-state index in [-0.39, 0.29) is 0 Å². The molecule has 2 aromatic heterocycles. The molecule has 2 rings (SSSR count). The van der Waals surface area contributed by atoms with E-state index in [9.17, 15) is 0 Å². The Morgan fingerprint density at radius 3 is 3.27 bits per heavy atom. The Labute approximate surface area is 63.2 Å². The van der Waals surface area contributed by atoms with Crippen molar-refractivity contribution in [3.8, 4) is 0 Å². The van der Waals surface area contributed by atoms with Crippen molar-refractivity contribution in [2.75, 3.05) is 12.4 Å². The first-order chi connectivity index (χ1) is 5.42. The Balaban J connectivity index is 2.79. The summed E-state index contributed by atoms with van der Waals surface area (Å²) in [6.07, 6.45) is 3.29. The molecule has 0 unspecified atom stereocenters. The molecule has 2 aromatic rings. The maximum atomic E-state index is 5.17. The molecule has 0 fully saturated rings. The van der Waals surface area contributed by atoms with Crippen molar-refractivity contribution in [3.63, 3.8) is 0 Å². The summed E-state index contributed by atoms with van der Waals surface area (Å²) in [5.74, 6) is 0.674. The minimum absolute atomic E-state index is 0.674. The molecule has 11 heavy (non-hydrogen) atoms. The molecule has 0 radical (unpaired) electrons. The smallest absolute Gasteiger partial charge is 0.192 e. The molecule has 0 aromatic carbocycles. The monoisotopic (exact) mass is 149 g/mol. The summed E-state index contributed by atoms with van der Waals surface area (Å²) in [4.78, 5) is 0. The second-order valence-corrected chi connectivity index (χ2v) is 2.15. The van der Waals surface area contributed by atoms with Crippen LogP contribution < -0.4 is 5.32 Å². The molecule has 0 atom stereocenters. The van der Waals surface area contributed by atoms with Crippen LogP contribution >= 0.6 is 0 Å². The Morgan fingerprint density at radius 2 is 2.45 bits per heavy atom. The van der Waals surface area contributed by atoms with E-state index < -0.39 is 0 Å². The molecule has 0 aliphatic heterocycles. The third-order valence-corrected chi connectivity index (χ3v) is 1.50. The van der Waals surface area contributed by atoms with E-state index >= 15 is 0 Å². The molecule has 56 valence electrons. The Bertz CT molecular complexity index is 368. The van der Waals surface area contributed by atoms with Crippen molar-refractivity contribution in [2.24, 2.45) is 0 Å². The fraction of sp³-hybridized carbons (Fsp3) is 0.143. The van der Waals surface area contributed by atoms with Gasteiger partial charge in [-0.15, -0.1) is 5.10 Å². The third-order valence-electron chi connectivity index (χ3n) is 1.50. The number of furan rings is 1. The van der Waals surface area contributed by atoms with Gasteiger partial charge in [0, 0.05) is 12.4 Å². The lowest BCUT2D eigenvalue weighted by molar-refractivity contribution is 0.614. The van der Waals surface area contributed by atoms with Crippen molar-refractivity contribution in [1.29, 1.82) is 0 Å². The maximum absolute atomic E-state index is 5.17. The first kappa shape index (κ1) is 6.15. The van der Waals surface area contributed by atoms with Crippen LogP contribution in [0.5, 0.6) is 0 Å². The number of nitrogens with zero attached hydrogens (tertiary/aromatic N) is 2. The van der Waals surface area contributed by atoms with Gasteiger partial charge in [0.1, 0.15) is 0 Å². The van der Waals surface area contributed by atoms with Crippen LogP contribution in [0.15, 0.2) is 22.9 Å². The molecule has 2 heterocycles. The predicted octanol–water partition coefficient (Wildman–Crippen LogP) is 1.26. The molecule has 0 amide bonds. The highest BCUT2D eigenvalue weighted by Gasteiger charge is 2.02. The third kappa shape index (κ3) is 0.832. The second kappa shape index (κ2) is 2.23. The van der Waals surface area contributed by atoms with Gasteiger partial charge in [-0.2, -0.15) is 5.10 Å². The minimum atomic E-state index is 0.674. The van der Waals surface area contributed by atoms with E-state index in [0.29, 0.717) is 5.82 Å². The molecule has 0 aliphatic rings. The highest BCUT2D eigenvalue weighted by atomic mass is 16.3. The van der Waals surface area contributed by atoms with Crippen molar-refractivity contribution in [1.82, 2.24) is 10.2 Å². The van der Waals surface area contributed by atoms with Gasteiger partial charge in [-0.25, -0.2) is 0 Å². The van der Waals surface area contributed by atoms with Gasteiger partial charge in [-0.3, -0.25) is 0 Å². The van der Waals surface area contributed by atoms with E-state index in [0.717, 1.165) is 11.0 Å². The summed E-state index contributed by atoms with van der Waals surface area (Å²) >= 11 is 0. The molecule has 4 nitrogen and oxygen atoms in total. The summed E-state index contributed by atoms with van der Waals surface area (Å²) in [6, 6.07) is 1.85. The van der Waals surface area contributed by atoms with Crippen LogP contribution in [-0.2, 0) is 0 Å². The first-order valence-corrected chi connectivity index (χ1v) is 3.28. The predicted molar refractivity (Wildman–Crippen MR) is 41.4 cm³/mol. The van der Waals surface area contributed by atoms with Gasteiger partial charge in [0.25, 0.3) is 0 Å². The number of anilines is 1. The van der Waals surface area contributed by atoms with E-state index in [4.69, 9.17) is 4.42 Å². The number of aromatic nitrogens is 2. The van der Waals surface area contributed by atoms with Gasteiger partial charge >= 0.3 is 0 Å². The average Bonchev–Trinajstić information content (AvgIpc) is 2.50. The fourth-order valence-electron chi connectivity index (χ4n) is 0.971. The lowest BCUT2D eigenvalue weighted by Gasteiger charge is -1.95. The van der Waals surface area contributed by atoms with Crippen LogP contribution in [0.4, 0.5) is 5.82 Å². The van der Waals surface area contributed by atoms with Gasteiger partial charge < -0.3 is 9.73 Å². The lowest BCUT2D eigenvalue weighted by atomic mass is 10.4. The van der Waals surface area contributed by atoms with E-state index in [2.05, 4.69) is 15.5 Å². The molecule has 0 bridgehead atoms. The molecule has 1 N–H and O–H groups in total. The summed E-state index contributed by atoms with van der Waals surface area (Å²) in [7, 11) is 1.78. The van der Waals surface area contributed by atoms with Crippen molar-refractivity contribution in [3.05, 3.63) is 18.5 Å². The SMILES string of the molecule is CNc1nncc2ccoc12. The van der Waals surface area contributed by atoms with Crippen LogP contribution in [0.25, 0.3) is 11.0 Å². The van der Waals surface area contributed by atoms with Crippen LogP contribution in [0.1, 0.15) is 0 Å².